The van der Waals surface area contributed by atoms with Crippen molar-refractivity contribution < 1.29 is 14.6 Å². The van der Waals surface area contributed by atoms with Gasteiger partial charge in [-0.2, -0.15) is 0 Å². The first kappa shape index (κ1) is 19.1. The molecule has 1 aliphatic rings. The van der Waals surface area contributed by atoms with Crippen molar-refractivity contribution in [2.75, 3.05) is 6.61 Å². The maximum atomic E-state index is 12.2. The number of aromatic hydroxyl groups is 1. The molecule has 1 aliphatic heterocycles. The summed E-state index contributed by atoms with van der Waals surface area (Å²) >= 11 is 9.14. The lowest BCUT2D eigenvalue weighted by Gasteiger charge is -2.08. The zero-order chi connectivity index (χ0) is 18.7. The lowest BCUT2D eigenvalue weighted by Crippen LogP contribution is -2.19. The number of halogens is 2. The number of amidine groups is 1. The maximum Gasteiger partial charge on any atom is 0.264 e. The topological polar surface area (TPSA) is 70.9 Å². The van der Waals surface area contributed by atoms with Crippen LogP contribution in [0.25, 0.3) is 6.08 Å². The van der Waals surface area contributed by atoms with Crippen LogP contribution >= 0.6 is 46.0 Å². The highest BCUT2D eigenvalue weighted by Crippen LogP contribution is 2.35. The predicted octanol–water partition coefficient (Wildman–Crippen LogP) is 4.94. The number of hydrogen-bond donors (Lipinski definition) is 2. The summed E-state index contributed by atoms with van der Waals surface area (Å²) in [6.07, 6.45) is 1.74. The lowest BCUT2D eigenvalue weighted by atomic mass is 10.2. The third-order valence-electron chi connectivity index (χ3n) is 3.36. The molecule has 2 aromatic carbocycles. The van der Waals surface area contributed by atoms with Gasteiger partial charge >= 0.3 is 0 Å². The van der Waals surface area contributed by atoms with Gasteiger partial charge in [0, 0.05) is 5.02 Å². The quantitative estimate of drug-likeness (QED) is 0.461. The Kier molecular flexibility index (Phi) is 6.10. The van der Waals surface area contributed by atoms with Crippen molar-refractivity contribution >= 4 is 68.8 Å². The Bertz CT molecular complexity index is 913. The number of rotatable bonds is 4. The summed E-state index contributed by atoms with van der Waals surface area (Å²) in [7, 11) is 0. The number of phenolic OH excluding ortho intramolecular Hbond substituents is 1. The van der Waals surface area contributed by atoms with E-state index in [-0.39, 0.29) is 11.7 Å². The number of hydrogen-bond acceptors (Lipinski definition) is 5. The Morgan fingerprint density at radius 3 is 2.77 bits per heavy atom. The summed E-state index contributed by atoms with van der Waals surface area (Å²) in [4.78, 5) is 17.1. The fourth-order valence-electron chi connectivity index (χ4n) is 2.21. The van der Waals surface area contributed by atoms with Gasteiger partial charge in [-0.05, 0) is 89.3 Å². The molecule has 0 spiro atoms. The van der Waals surface area contributed by atoms with Crippen LogP contribution in [-0.2, 0) is 4.79 Å². The number of phenols is 1. The molecule has 5 nitrogen and oxygen atoms in total. The van der Waals surface area contributed by atoms with Gasteiger partial charge in [0.15, 0.2) is 16.7 Å². The molecular weight excluding hydrogens is 487 g/mol. The van der Waals surface area contributed by atoms with Gasteiger partial charge in [-0.25, -0.2) is 4.99 Å². The molecule has 1 amide bonds. The summed E-state index contributed by atoms with van der Waals surface area (Å²) in [5.74, 6) is 0.275. The number of nitrogens with zero attached hydrogens (tertiary/aromatic N) is 1. The fraction of sp³-hybridized carbons (Fsp3) is 0.111. The molecule has 0 bridgehead atoms. The predicted molar refractivity (Wildman–Crippen MR) is 114 cm³/mol. The van der Waals surface area contributed by atoms with E-state index in [1.54, 1.807) is 42.5 Å². The highest BCUT2D eigenvalue weighted by Gasteiger charge is 2.24. The summed E-state index contributed by atoms with van der Waals surface area (Å²) in [5.41, 5.74) is 1.47. The molecule has 1 heterocycles. The molecule has 0 atom stereocenters. The minimum absolute atomic E-state index is 0.100. The third kappa shape index (κ3) is 4.52. The molecule has 0 unspecified atom stereocenters. The minimum Gasteiger partial charge on any atom is -0.504 e. The smallest absolute Gasteiger partial charge is 0.264 e. The Labute approximate surface area is 173 Å². The Morgan fingerprint density at radius 1 is 1.35 bits per heavy atom. The average molecular weight is 501 g/mol. The maximum absolute atomic E-state index is 12.2. The van der Waals surface area contributed by atoms with E-state index in [0.29, 0.717) is 36.7 Å². The number of nitrogens with one attached hydrogen (secondary N) is 1. The van der Waals surface area contributed by atoms with Crippen LogP contribution in [0.3, 0.4) is 0 Å². The molecule has 0 aliphatic carbocycles. The van der Waals surface area contributed by atoms with Gasteiger partial charge in [0.25, 0.3) is 5.91 Å². The molecule has 0 aromatic heterocycles. The lowest BCUT2D eigenvalue weighted by molar-refractivity contribution is -0.115. The third-order valence-corrected chi connectivity index (χ3v) is 5.34. The normalized spacial score (nSPS) is 17.0. The number of thioether (sulfide) groups is 1. The van der Waals surface area contributed by atoms with E-state index >= 15 is 0 Å². The highest BCUT2D eigenvalue weighted by atomic mass is 127. The molecule has 26 heavy (non-hydrogen) atoms. The van der Waals surface area contributed by atoms with Crippen molar-refractivity contribution in [3.8, 4) is 11.5 Å². The van der Waals surface area contributed by atoms with E-state index in [9.17, 15) is 9.90 Å². The summed E-state index contributed by atoms with van der Waals surface area (Å²) in [5, 5.41) is 13.9. The number of ether oxygens (including phenoxy) is 1. The first-order valence-corrected chi connectivity index (χ1v) is 9.94. The minimum atomic E-state index is -0.219. The van der Waals surface area contributed by atoms with Crippen LogP contribution in [-0.4, -0.2) is 22.8 Å². The molecule has 0 radical (unpaired) electrons. The van der Waals surface area contributed by atoms with Gasteiger partial charge in [0.2, 0.25) is 0 Å². The Morgan fingerprint density at radius 2 is 2.08 bits per heavy atom. The Balaban J connectivity index is 1.86. The van der Waals surface area contributed by atoms with Crippen LogP contribution in [0.2, 0.25) is 5.02 Å². The van der Waals surface area contributed by atoms with Crippen molar-refractivity contribution in [1.29, 1.82) is 0 Å². The number of amides is 1. The van der Waals surface area contributed by atoms with Gasteiger partial charge in [0.1, 0.15) is 0 Å². The fourth-order valence-corrected chi connectivity index (χ4v) is 3.80. The van der Waals surface area contributed by atoms with Crippen molar-refractivity contribution in [1.82, 2.24) is 5.32 Å². The van der Waals surface area contributed by atoms with Crippen LogP contribution in [0.1, 0.15) is 12.5 Å². The van der Waals surface area contributed by atoms with Crippen LogP contribution in [0.5, 0.6) is 11.5 Å². The zero-order valence-corrected chi connectivity index (χ0v) is 17.4. The van der Waals surface area contributed by atoms with Crippen molar-refractivity contribution in [3.63, 3.8) is 0 Å². The van der Waals surface area contributed by atoms with Gasteiger partial charge in [-0.1, -0.05) is 11.6 Å². The molecule has 2 aromatic rings. The first-order valence-electron chi connectivity index (χ1n) is 7.66. The molecule has 1 saturated heterocycles. The number of carbonyl (C=O) groups excluding carboxylic acids is 1. The van der Waals surface area contributed by atoms with Crippen LogP contribution in [0.15, 0.2) is 46.3 Å². The number of benzene rings is 2. The van der Waals surface area contributed by atoms with Gasteiger partial charge in [-0.3, -0.25) is 4.79 Å². The molecule has 0 saturated carbocycles. The van der Waals surface area contributed by atoms with Gasteiger partial charge < -0.3 is 15.2 Å². The highest BCUT2D eigenvalue weighted by molar-refractivity contribution is 14.1. The molecule has 8 heteroatoms. The summed E-state index contributed by atoms with van der Waals surface area (Å²) in [6, 6.07) is 10.5. The van der Waals surface area contributed by atoms with E-state index in [4.69, 9.17) is 16.3 Å². The number of aliphatic imine (C=N–C) groups is 1. The average Bonchev–Trinajstić information content (AvgIpc) is 2.94. The summed E-state index contributed by atoms with van der Waals surface area (Å²) in [6.45, 7) is 2.29. The molecule has 1 fully saturated rings. The van der Waals surface area contributed by atoms with Crippen LogP contribution in [0, 0.1) is 3.57 Å². The molecule has 3 rings (SSSR count). The second-order valence-corrected chi connectivity index (χ2v) is 7.87. The van der Waals surface area contributed by atoms with Crippen molar-refractivity contribution in [2.45, 2.75) is 6.92 Å². The Hall–Kier alpha value is -1.71. The SMILES string of the molecule is CCOc1cc(/C=C2/SC(=Nc3ccc(Cl)cc3)NC2=O)cc(I)c1O. The molecular formula is C18H14ClIN2O3S. The standard InChI is InChI=1S/C18H14ClIN2O3S/c1-2-25-14-8-10(7-13(20)16(14)23)9-15-17(24)22-18(26-15)21-12-5-3-11(19)4-6-12/h3-9,23H,2H2,1H3,(H,21,22,24)/b15-9+. The zero-order valence-electron chi connectivity index (χ0n) is 13.6. The van der Waals surface area contributed by atoms with E-state index in [0.717, 1.165) is 5.56 Å². The summed E-state index contributed by atoms with van der Waals surface area (Å²) < 4.78 is 6.09. The number of carbonyl (C=O) groups is 1. The molecule has 134 valence electrons. The van der Waals surface area contributed by atoms with Gasteiger partial charge in [0.05, 0.1) is 20.8 Å². The van der Waals surface area contributed by atoms with E-state index in [1.165, 1.54) is 11.8 Å². The molecule has 2 N–H and O–H groups in total. The van der Waals surface area contributed by atoms with Crippen molar-refractivity contribution in [3.05, 3.63) is 55.5 Å². The van der Waals surface area contributed by atoms with Crippen LogP contribution in [0.4, 0.5) is 5.69 Å². The second kappa shape index (κ2) is 8.32. The van der Waals surface area contributed by atoms with Gasteiger partial charge in [-0.15, -0.1) is 0 Å². The van der Waals surface area contributed by atoms with Crippen LogP contribution < -0.4 is 10.1 Å². The van der Waals surface area contributed by atoms with E-state index < -0.39 is 0 Å². The van der Waals surface area contributed by atoms with E-state index in [2.05, 4.69) is 10.3 Å². The largest absolute Gasteiger partial charge is 0.504 e. The van der Waals surface area contributed by atoms with E-state index in [1.807, 2.05) is 29.5 Å². The second-order valence-electron chi connectivity index (χ2n) is 5.24. The first-order chi connectivity index (χ1) is 12.5. The van der Waals surface area contributed by atoms with Crippen molar-refractivity contribution in [2.24, 2.45) is 4.99 Å². The monoisotopic (exact) mass is 500 g/mol.